The minimum Gasteiger partial charge on any atom is -0.465 e. The average Bonchev–Trinajstić information content (AvgIpc) is 3.42. The summed E-state index contributed by atoms with van der Waals surface area (Å²) in [6.07, 6.45) is 7.99. The number of aldehydes is 1. The summed E-state index contributed by atoms with van der Waals surface area (Å²) in [4.78, 5) is 28.4. The SMILES string of the molecule is CN1CCc2ccc(C=O)cc2C1.CNc1cccc(C(=N)N(C=N)C(C)C)n1.O=COC1CCCC1. The molecular formula is C28H40N6O3. The Balaban J connectivity index is 0.000000205. The zero-order valence-electron chi connectivity index (χ0n) is 22.4. The highest BCUT2D eigenvalue weighted by atomic mass is 16.5. The van der Waals surface area contributed by atoms with Crippen LogP contribution >= 0.6 is 0 Å². The molecule has 1 fully saturated rings. The van der Waals surface area contributed by atoms with Gasteiger partial charge >= 0.3 is 0 Å². The number of pyridine rings is 1. The van der Waals surface area contributed by atoms with Gasteiger partial charge in [0.2, 0.25) is 0 Å². The second-order valence-corrected chi connectivity index (χ2v) is 9.41. The second-order valence-electron chi connectivity index (χ2n) is 9.41. The van der Waals surface area contributed by atoms with E-state index in [9.17, 15) is 9.59 Å². The van der Waals surface area contributed by atoms with Crippen molar-refractivity contribution in [3.8, 4) is 0 Å². The fraction of sp³-hybridized carbons (Fsp3) is 0.464. The number of ether oxygens (including phenoxy) is 1. The number of hydrogen-bond donors (Lipinski definition) is 3. The van der Waals surface area contributed by atoms with Crippen LogP contribution in [0.2, 0.25) is 0 Å². The van der Waals surface area contributed by atoms with Crippen molar-refractivity contribution in [1.82, 2.24) is 14.8 Å². The lowest BCUT2D eigenvalue weighted by Gasteiger charge is -2.24. The molecule has 0 amide bonds. The summed E-state index contributed by atoms with van der Waals surface area (Å²) in [5.41, 5.74) is 4.04. The third kappa shape index (κ3) is 9.42. The minimum atomic E-state index is 0.0741. The number of nitrogens with one attached hydrogen (secondary N) is 3. The molecule has 4 rings (SSSR count). The molecule has 1 aromatic carbocycles. The van der Waals surface area contributed by atoms with E-state index < -0.39 is 0 Å². The Kier molecular flexibility index (Phi) is 12.4. The summed E-state index contributed by atoms with van der Waals surface area (Å²) in [6.45, 7) is 6.50. The first-order valence-corrected chi connectivity index (χ1v) is 12.7. The minimum absolute atomic E-state index is 0.0741. The highest BCUT2D eigenvalue weighted by Gasteiger charge is 2.15. The number of carbonyl (C=O) groups excluding carboxylic acids is 2. The molecule has 9 nitrogen and oxygen atoms in total. The quantitative estimate of drug-likeness (QED) is 0.289. The van der Waals surface area contributed by atoms with Gasteiger partial charge in [-0.25, -0.2) is 4.98 Å². The third-order valence-corrected chi connectivity index (χ3v) is 6.32. The average molecular weight is 509 g/mol. The number of nitrogens with zero attached hydrogens (tertiary/aromatic N) is 3. The van der Waals surface area contributed by atoms with Crippen LogP contribution in [0.1, 0.15) is 66.7 Å². The number of carbonyl (C=O) groups is 2. The van der Waals surface area contributed by atoms with E-state index in [4.69, 9.17) is 15.6 Å². The number of benzene rings is 1. The topological polar surface area (TPSA) is 122 Å². The van der Waals surface area contributed by atoms with Gasteiger partial charge in [-0.05, 0) is 82.3 Å². The van der Waals surface area contributed by atoms with E-state index in [1.165, 1.54) is 24.0 Å². The molecule has 2 aliphatic rings. The number of fused-ring (bicyclic) bond motifs is 1. The maximum Gasteiger partial charge on any atom is 0.293 e. The van der Waals surface area contributed by atoms with Gasteiger partial charge in [-0.3, -0.25) is 20.4 Å². The Morgan fingerprint density at radius 3 is 2.51 bits per heavy atom. The molecule has 2 heterocycles. The summed E-state index contributed by atoms with van der Waals surface area (Å²) in [7, 11) is 3.89. The smallest absolute Gasteiger partial charge is 0.293 e. The van der Waals surface area contributed by atoms with Gasteiger partial charge in [0.15, 0.2) is 5.84 Å². The molecule has 0 saturated heterocycles. The fourth-order valence-corrected chi connectivity index (χ4v) is 4.20. The van der Waals surface area contributed by atoms with Crippen LogP contribution in [0.25, 0.3) is 0 Å². The molecule has 1 aromatic heterocycles. The van der Waals surface area contributed by atoms with E-state index >= 15 is 0 Å². The van der Waals surface area contributed by atoms with Crippen molar-refractivity contribution >= 4 is 30.8 Å². The van der Waals surface area contributed by atoms with Crippen molar-refractivity contribution in [2.24, 2.45) is 0 Å². The summed E-state index contributed by atoms with van der Waals surface area (Å²) in [5, 5.41) is 18.2. The molecule has 9 heteroatoms. The van der Waals surface area contributed by atoms with Gasteiger partial charge in [-0.1, -0.05) is 18.2 Å². The van der Waals surface area contributed by atoms with Crippen LogP contribution in [0.15, 0.2) is 36.4 Å². The number of anilines is 1. The van der Waals surface area contributed by atoms with Crippen molar-refractivity contribution in [3.05, 3.63) is 58.8 Å². The molecule has 0 spiro atoms. The van der Waals surface area contributed by atoms with Crippen LogP contribution < -0.4 is 5.32 Å². The highest BCUT2D eigenvalue weighted by molar-refractivity contribution is 6.01. The molecule has 1 aliphatic heterocycles. The molecule has 0 radical (unpaired) electrons. The van der Waals surface area contributed by atoms with E-state index in [1.54, 1.807) is 18.0 Å². The molecular weight excluding hydrogens is 468 g/mol. The lowest BCUT2D eigenvalue weighted by atomic mass is 9.98. The van der Waals surface area contributed by atoms with Gasteiger partial charge in [0.05, 0.1) is 6.34 Å². The highest BCUT2D eigenvalue weighted by Crippen LogP contribution is 2.20. The van der Waals surface area contributed by atoms with Crippen molar-refractivity contribution in [2.45, 2.75) is 64.6 Å². The molecule has 0 atom stereocenters. The van der Waals surface area contributed by atoms with Crippen LogP contribution in [0, 0.1) is 10.8 Å². The van der Waals surface area contributed by atoms with Gasteiger partial charge < -0.3 is 19.9 Å². The molecule has 200 valence electrons. The van der Waals surface area contributed by atoms with E-state index in [-0.39, 0.29) is 18.0 Å². The predicted octanol–water partition coefficient (Wildman–Crippen LogP) is 4.36. The molecule has 0 unspecified atom stereocenters. The van der Waals surface area contributed by atoms with Crippen molar-refractivity contribution < 1.29 is 14.3 Å². The summed E-state index contributed by atoms with van der Waals surface area (Å²) in [6, 6.07) is 11.5. The van der Waals surface area contributed by atoms with Gasteiger partial charge in [0.25, 0.3) is 6.47 Å². The van der Waals surface area contributed by atoms with Gasteiger partial charge in [-0.2, -0.15) is 0 Å². The monoisotopic (exact) mass is 508 g/mol. The Hall–Kier alpha value is -3.59. The predicted molar refractivity (Wildman–Crippen MR) is 148 cm³/mol. The second kappa shape index (κ2) is 15.5. The number of likely N-dealkylation sites (N-methyl/N-ethyl adjacent to an activating group) is 1. The van der Waals surface area contributed by atoms with Crippen molar-refractivity contribution in [3.63, 3.8) is 0 Å². The lowest BCUT2D eigenvalue weighted by molar-refractivity contribution is -0.133. The maximum atomic E-state index is 10.6. The molecule has 2 aromatic rings. The molecule has 3 N–H and O–H groups in total. The van der Waals surface area contributed by atoms with E-state index in [1.807, 2.05) is 38.1 Å². The first kappa shape index (κ1) is 29.6. The van der Waals surface area contributed by atoms with Gasteiger partial charge in [0.1, 0.15) is 23.9 Å². The Bertz CT molecular complexity index is 1040. The van der Waals surface area contributed by atoms with Crippen LogP contribution in [-0.4, -0.2) is 72.5 Å². The zero-order chi connectivity index (χ0) is 27.2. The standard InChI is InChI=1S/C11H17N5.C11H13NO.C6H10O2/c1-8(2)16(7-12)11(13)9-5-4-6-10(14-3)15-9;1-12-5-4-10-3-2-9(8-13)6-11(10)7-12;7-5-8-6-3-1-2-4-6/h4-8,12-13H,1-3H3,(H,14,15);2-3,6,8H,4-5,7H2,1H3;5-6H,1-4H2. The Morgan fingerprint density at radius 1 is 1.19 bits per heavy atom. The molecule has 37 heavy (non-hydrogen) atoms. The lowest BCUT2D eigenvalue weighted by Crippen LogP contribution is -2.36. The summed E-state index contributed by atoms with van der Waals surface area (Å²) < 4.78 is 4.72. The maximum absolute atomic E-state index is 10.6. The molecule has 1 aliphatic carbocycles. The van der Waals surface area contributed by atoms with Crippen LogP contribution in [0.5, 0.6) is 0 Å². The number of rotatable bonds is 7. The van der Waals surface area contributed by atoms with Crippen LogP contribution in [-0.2, 0) is 22.5 Å². The van der Waals surface area contributed by atoms with Crippen LogP contribution in [0.3, 0.4) is 0 Å². The third-order valence-electron chi connectivity index (χ3n) is 6.32. The largest absolute Gasteiger partial charge is 0.465 e. The number of hydrogen-bond acceptors (Lipinski definition) is 8. The molecule has 1 saturated carbocycles. The summed E-state index contributed by atoms with van der Waals surface area (Å²) in [5.74, 6) is 0.957. The zero-order valence-corrected chi connectivity index (χ0v) is 22.4. The van der Waals surface area contributed by atoms with Crippen molar-refractivity contribution in [2.75, 3.05) is 26.0 Å². The fourth-order valence-electron chi connectivity index (χ4n) is 4.20. The van der Waals surface area contributed by atoms with E-state index in [0.717, 1.165) is 56.4 Å². The van der Waals surface area contributed by atoms with E-state index in [0.29, 0.717) is 12.2 Å². The number of amidine groups is 1. The first-order valence-electron chi connectivity index (χ1n) is 12.7. The summed E-state index contributed by atoms with van der Waals surface area (Å²) >= 11 is 0. The van der Waals surface area contributed by atoms with Gasteiger partial charge in [0, 0.05) is 31.7 Å². The number of aromatic nitrogens is 1. The van der Waals surface area contributed by atoms with Crippen molar-refractivity contribution in [1.29, 1.82) is 10.8 Å². The Morgan fingerprint density at radius 2 is 1.92 bits per heavy atom. The normalized spacial score (nSPS) is 14.7. The van der Waals surface area contributed by atoms with E-state index in [2.05, 4.69) is 28.3 Å². The molecule has 0 bridgehead atoms. The first-order chi connectivity index (χ1) is 17.8. The van der Waals surface area contributed by atoms with Gasteiger partial charge in [-0.15, -0.1) is 0 Å². The Labute approximate surface area is 220 Å². The van der Waals surface area contributed by atoms with Crippen LogP contribution in [0.4, 0.5) is 5.82 Å².